The Bertz CT molecular complexity index is 990. The molecule has 0 bridgehead atoms. The Morgan fingerprint density at radius 3 is 2.64 bits per heavy atom. The van der Waals surface area contributed by atoms with E-state index in [1.165, 1.54) is 0 Å². The fourth-order valence-corrected chi connectivity index (χ4v) is 4.34. The molecule has 1 saturated heterocycles. The van der Waals surface area contributed by atoms with Crippen LogP contribution in [0.4, 0.5) is 8.78 Å². The zero-order chi connectivity index (χ0) is 23.7. The van der Waals surface area contributed by atoms with E-state index in [0.29, 0.717) is 31.4 Å². The Balaban J connectivity index is 1.45. The van der Waals surface area contributed by atoms with Crippen molar-refractivity contribution >= 4 is 17.5 Å². The summed E-state index contributed by atoms with van der Waals surface area (Å²) in [4.78, 5) is 33.3. The number of carbonyl (C=O) groups is 2. The average Bonchev–Trinajstić information content (AvgIpc) is 3.26. The number of hydrogen-bond acceptors (Lipinski definition) is 6. The Hall–Kier alpha value is -3.06. The molecule has 33 heavy (non-hydrogen) atoms. The molecule has 1 aromatic rings. The van der Waals surface area contributed by atoms with Gasteiger partial charge in [-0.15, -0.1) is 0 Å². The highest BCUT2D eigenvalue weighted by Crippen LogP contribution is 2.35. The first kappa shape index (κ1) is 23.1. The maximum absolute atomic E-state index is 14.9. The van der Waals surface area contributed by atoms with Gasteiger partial charge in [-0.05, 0) is 25.5 Å². The van der Waals surface area contributed by atoms with Crippen LogP contribution in [-0.2, 0) is 20.8 Å². The van der Waals surface area contributed by atoms with Gasteiger partial charge in [0.15, 0.2) is 5.60 Å². The summed E-state index contributed by atoms with van der Waals surface area (Å²) >= 11 is 0. The highest BCUT2D eigenvalue weighted by Gasteiger charge is 2.48. The summed E-state index contributed by atoms with van der Waals surface area (Å²) in [7, 11) is 1.94. The summed E-state index contributed by atoms with van der Waals surface area (Å²) in [6, 6.07) is 8.71. The second-order valence-corrected chi connectivity index (χ2v) is 9.41. The van der Waals surface area contributed by atoms with Crippen LogP contribution in [0, 0.1) is 11.3 Å². The van der Waals surface area contributed by atoms with Crippen LogP contribution in [0.5, 0.6) is 0 Å². The molecule has 2 heterocycles. The summed E-state index contributed by atoms with van der Waals surface area (Å²) in [5.41, 5.74) is -1.13. The van der Waals surface area contributed by atoms with Gasteiger partial charge in [0, 0.05) is 38.8 Å². The molecule has 1 saturated carbocycles. The van der Waals surface area contributed by atoms with Gasteiger partial charge in [0.1, 0.15) is 17.3 Å². The number of amides is 2. The lowest BCUT2D eigenvalue weighted by atomic mass is 9.95. The first-order valence-corrected chi connectivity index (χ1v) is 11.0. The smallest absolute Gasteiger partial charge is 0.269 e. The van der Waals surface area contributed by atoms with Gasteiger partial charge in [0.05, 0.1) is 6.07 Å². The van der Waals surface area contributed by atoms with E-state index >= 15 is 0 Å². The minimum Gasteiger partial charge on any atom is -0.387 e. The molecule has 2 fully saturated rings. The summed E-state index contributed by atoms with van der Waals surface area (Å²) in [6.07, 6.45) is 0.382. The van der Waals surface area contributed by atoms with E-state index in [9.17, 15) is 23.6 Å². The number of rotatable bonds is 8. The van der Waals surface area contributed by atoms with Crippen LogP contribution in [0.15, 0.2) is 35.5 Å². The van der Waals surface area contributed by atoms with E-state index in [2.05, 4.69) is 20.7 Å². The fourth-order valence-electron chi connectivity index (χ4n) is 4.34. The van der Waals surface area contributed by atoms with Crippen molar-refractivity contribution in [3.63, 3.8) is 0 Å². The minimum absolute atomic E-state index is 0.0795. The highest BCUT2D eigenvalue weighted by molar-refractivity contribution is 6.39. The van der Waals surface area contributed by atoms with Crippen molar-refractivity contribution in [2.24, 2.45) is 5.16 Å². The second-order valence-electron chi connectivity index (χ2n) is 9.41. The van der Waals surface area contributed by atoms with E-state index in [1.54, 1.807) is 30.3 Å². The maximum atomic E-state index is 14.9. The third kappa shape index (κ3) is 5.47. The molecule has 1 spiro atoms. The van der Waals surface area contributed by atoms with Gasteiger partial charge >= 0.3 is 0 Å². The van der Waals surface area contributed by atoms with Crippen molar-refractivity contribution in [1.82, 2.24) is 15.5 Å². The third-order valence-corrected chi connectivity index (χ3v) is 6.37. The third-order valence-electron chi connectivity index (χ3n) is 6.37. The molecule has 3 aliphatic rings. The zero-order valence-corrected chi connectivity index (χ0v) is 18.4. The molecule has 2 unspecified atom stereocenters. The Labute approximate surface area is 190 Å². The van der Waals surface area contributed by atoms with Crippen LogP contribution in [0.25, 0.3) is 0 Å². The van der Waals surface area contributed by atoms with E-state index in [1.807, 2.05) is 13.1 Å². The normalized spacial score (nSPS) is 24.5. The van der Waals surface area contributed by atoms with Crippen LogP contribution in [-0.4, -0.2) is 65.7 Å². The number of nitrogens with zero attached hydrogens (tertiary/aromatic N) is 3. The standard InChI is InChI=1S/C23H27F2N5O3/c1-30-10-9-22(15-30)12-18(29-33-22)19(31)27-17(20(32)28-21(14-26)7-8-21)13-23(24,25)11-16-5-3-2-4-6-16/h2-6,17H,7-13,15H2,1H3,(H,27,31)(H,28,32). The number of nitrogens with one attached hydrogen (secondary N) is 2. The summed E-state index contributed by atoms with van der Waals surface area (Å²) in [6.45, 7) is 1.41. The van der Waals surface area contributed by atoms with Gasteiger partial charge in [-0.1, -0.05) is 35.5 Å². The molecule has 8 nitrogen and oxygen atoms in total. The predicted molar refractivity (Wildman–Crippen MR) is 115 cm³/mol. The van der Waals surface area contributed by atoms with Crippen molar-refractivity contribution in [3.8, 4) is 6.07 Å². The molecule has 2 N–H and O–H groups in total. The molecule has 10 heteroatoms. The molecule has 176 valence electrons. The maximum Gasteiger partial charge on any atom is 0.269 e. The van der Waals surface area contributed by atoms with E-state index in [0.717, 1.165) is 6.54 Å². The first-order valence-electron chi connectivity index (χ1n) is 11.0. The van der Waals surface area contributed by atoms with E-state index in [-0.39, 0.29) is 12.1 Å². The van der Waals surface area contributed by atoms with Crippen molar-refractivity contribution in [1.29, 1.82) is 5.26 Å². The summed E-state index contributed by atoms with van der Waals surface area (Å²) in [5, 5.41) is 18.1. The molecule has 2 aliphatic heterocycles. The minimum atomic E-state index is -3.26. The highest BCUT2D eigenvalue weighted by atomic mass is 19.3. The lowest BCUT2D eigenvalue weighted by molar-refractivity contribution is -0.130. The number of oxime groups is 1. The molecule has 2 amide bonds. The lowest BCUT2D eigenvalue weighted by Gasteiger charge is -2.25. The molecule has 0 radical (unpaired) electrons. The Morgan fingerprint density at radius 1 is 1.30 bits per heavy atom. The van der Waals surface area contributed by atoms with Gasteiger partial charge in [0.2, 0.25) is 5.91 Å². The number of hydrogen-bond donors (Lipinski definition) is 2. The topological polar surface area (TPSA) is 107 Å². The first-order chi connectivity index (χ1) is 15.6. The van der Waals surface area contributed by atoms with Gasteiger partial charge < -0.3 is 20.4 Å². The van der Waals surface area contributed by atoms with Crippen LogP contribution in [0.1, 0.15) is 37.7 Å². The second kappa shape index (κ2) is 8.71. The van der Waals surface area contributed by atoms with Crippen molar-refractivity contribution in [2.75, 3.05) is 20.1 Å². The van der Waals surface area contributed by atoms with Crippen LogP contribution in [0.2, 0.25) is 0 Å². The molecule has 0 aromatic heterocycles. The summed E-state index contributed by atoms with van der Waals surface area (Å²) < 4.78 is 29.8. The average molecular weight is 459 g/mol. The largest absolute Gasteiger partial charge is 0.387 e. The number of carbonyl (C=O) groups excluding carboxylic acids is 2. The number of benzene rings is 1. The lowest BCUT2D eigenvalue weighted by Crippen LogP contribution is -2.53. The fraction of sp³-hybridized carbons (Fsp3) is 0.565. The van der Waals surface area contributed by atoms with E-state index < -0.39 is 47.8 Å². The molecule has 1 aromatic carbocycles. The monoisotopic (exact) mass is 459 g/mol. The number of alkyl halides is 2. The van der Waals surface area contributed by atoms with Crippen LogP contribution in [0.3, 0.4) is 0 Å². The van der Waals surface area contributed by atoms with Gasteiger partial charge in [-0.2, -0.15) is 5.26 Å². The van der Waals surface area contributed by atoms with Gasteiger partial charge in [-0.3, -0.25) is 9.59 Å². The molecule has 2 atom stereocenters. The SMILES string of the molecule is CN1CCC2(CC(C(=O)NC(CC(F)(F)Cc3ccccc3)C(=O)NC3(C#N)CC3)=NO2)C1. The summed E-state index contributed by atoms with van der Waals surface area (Å²) in [5.74, 6) is -4.77. The van der Waals surface area contributed by atoms with Crippen molar-refractivity contribution < 1.29 is 23.2 Å². The molecule has 1 aliphatic carbocycles. The zero-order valence-electron chi connectivity index (χ0n) is 18.4. The van der Waals surface area contributed by atoms with Gasteiger partial charge in [-0.25, -0.2) is 8.78 Å². The van der Waals surface area contributed by atoms with E-state index in [4.69, 9.17) is 4.84 Å². The van der Waals surface area contributed by atoms with Crippen molar-refractivity contribution in [2.45, 2.75) is 61.6 Å². The van der Waals surface area contributed by atoms with Gasteiger partial charge in [0.25, 0.3) is 11.8 Å². The molecule has 4 rings (SSSR count). The number of halogens is 2. The Kier molecular flexibility index (Phi) is 6.10. The van der Waals surface area contributed by atoms with Crippen LogP contribution < -0.4 is 10.6 Å². The Morgan fingerprint density at radius 2 is 2.03 bits per heavy atom. The number of likely N-dealkylation sites (N-methyl/N-ethyl adjacent to an activating group) is 1. The quantitative estimate of drug-likeness (QED) is 0.616. The number of likely N-dealkylation sites (tertiary alicyclic amines) is 1. The number of nitriles is 1. The van der Waals surface area contributed by atoms with Crippen molar-refractivity contribution in [3.05, 3.63) is 35.9 Å². The van der Waals surface area contributed by atoms with Crippen LogP contribution >= 0.6 is 0 Å². The molecular formula is C23H27F2N5O3. The predicted octanol–water partition coefficient (Wildman–Crippen LogP) is 1.76. The molecular weight excluding hydrogens is 432 g/mol.